The highest BCUT2D eigenvalue weighted by Gasteiger charge is 2.20. The first-order valence-electron chi connectivity index (χ1n) is 9.13. The predicted molar refractivity (Wildman–Crippen MR) is 115 cm³/mol. The minimum absolute atomic E-state index is 0.0910. The normalized spacial score (nSPS) is 11.1. The van der Waals surface area contributed by atoms with Crippen LogP contribution in [-0.2, 0) is 13.1 Å². The van der Waals surface area contributed by atoms with Crippen LogP contribution < -0.4 is 11.2 Å². The van der Waals surface area contributed by atoms with Gasteiger partial charge < -0.3 is 4.57 Å². The fourth-order valence-electron chi connectivity index (χ4n) is 3.33. The monoisotopic (exact) mass is 406 g/mol. The molecule has 146 valence electrons. The highest BCUT2D eigenvalue weighted by atomic mass is 35.5. The van der Waals surface area contributed by atoms with E-state index in [9.17, 15) is 9.59 Å². The van der Waals surface area contributed by atoms with E-state index < -0.39 is 11.2 Å². The molecule has 4 aromatic rings. The molecule has 0 radical (unpaired) electrons. The summed E-state index contributed by atoms with van der Waals surface area (Å²) in [5.41, 5.74) is 2.37. The highest BCUT2D eigenvalue weighted by molar-refractivity contribution is 6.32. The number of imidazole rings is 1. The van der Waals surface area contributed by atoms with Gasteiger partial charge in [-0.1, -0.05) is 59.6 Å². The Bertz CT molecular complexity index is 1330. The van der Waals surface area contributed by atoms with E-state index >= 15 is 0 Å². The van der Waals surface area contributed by atoms with Crippen LogP contribution >= 0.6 is 11.6 Å². The molecular weight excluding hydrogens is 388 g/mol. The van der Waals surface area contributed by atoms with Crippen molar-refractivity contribution in [3.05, 3.63) is 105 Å². The fourth-order valence-corrected chi connectivity index (χ4v) is 3.55. The van der Waals surface area contributed by atoms with Crippen LogP contribution in [0.4, 0.5) is 0 Å². The third kappa shape index (κ3) is 3.32. The number of para-hydroxylation sites is 1. The Morgan fingerprint density at radius 1 is 1.10 bits per heavy atom. The first-order valence-corrected chi connectivity index (χ1v) is 9.51. The van der Waals surface area contributed by atoms with Crippen LogP contribution in [0.15, 0.2) is 77.1 Å². The van der Waals surface area contributed by atoms with Crippen LogP contribution in [0, 0.1) is 6.92 Å². The van der Waals surface area contributed by atoms with Gasteiger partial charge in [0.25, 0.3) is 5.56 Å². The van der Waals surface area contributed by atoms with E-state index in [2.05, 4.69) is 11.6 Å². The SMILES string of the molecule is C=CCn1c(=O)c2c(ncn2Cc2ccc(C)cc2)n(-c2ccccc2Cl)c1=O. The zero-order valence-corrected chi connectivity index (χ0v) is 16.6. The number of hydrogen-bond acceptors (Lipinski definition) is 3. The maximum atomic E-state index is 13.1. The molecule has 2 aromatic carbocycles. The van der Waals surface area contributed by atoms with Crippen LogP contribution in [0.2, 0.25) is 5.02 Å². The number of hydrogen-bond donors (Lipinski definition) is 0. The Morgan fingerprint density at radius 3 is 2.52 bits per heavy atom. The van der Waals surface area contributed by atoms with Gasteiger partial charge in [0.15, 0.2) is 11.2 Å². The molecule has 0 saturated heterocycles. The molecule has 2 aromatic heterocycles. The molecule has 4 rings (SSSR count). The molecule has 6 nitrogen and oxygen atoms in total. The summed E-state index contributed by atoms with van der Waals surface area (Å²) in [6.07, 6.45) is 3.10. The van der Waals surface area contributed by atoms with Gasteiger partial charge in [-0.15, -0.1) is 6.58 Å². The third-order valence-electron chi connectivity index (χ3n) is 4.78. The van der Waals surface area contributed by atoms with Crippen LogP contribution in [-0.4, -0.2) is 18.7 Å². The average molecular weight is 407 g/mol. The molecule has 0 bridgehead atoms. The van der Waals surface area contributed by atoms with E-state index in [1.807, 2.05) is 31.2 Å². The molecule has 0 unspecified atom stereocenters. The van der Waals surface area contributed by atoms with Gasteiger partial charge in [-0.05, 0) is 24.6 Å². The van der Waals surface area contributed by atoms with Gasteiger partial charge in [0.05, 0.1) is 17.0 Å². The topological polar surface area (TPSA) is 61.8 Å². The van der Waals surface area contributed by atoms with Gasteiger partial charge in [0, 0.05) is 13.1 Å². The third-order valence-corrected chi connectivity index (χ3v) is 5.10. The Balaban J connectivity index is 2.01. The highest BCUT2D eigenvalue weighted by Crippen LogP contribution is 2.21. The van der Waals surface area contributed by atoms with Gasteiger partial charge in [-0.2, -0.15) is 0 Å². The second-order valence-electron chi connectivity index (χ2n) is 6.80. The summed E-state index contributed by atoms with van der Waals surface area (Å²) in [4.78, 5) is 30.7. The van der Waals surface area contributed by atoms with E-state index in [1.165, 1.54) is 10.6 Å². The Kier molecular flexibility index (Phi) is 4.94. The summed E-state index contributed by atoms with van der Waals surface area (Å²) in [6, 6.07) is 15.0. The number of aromatic nitrogens is 4. The van der Waals surface area contributed by atoms with E-state index in [0.29, 0.717) is 22.8 Å². The summed E-state index contributed by atoms with van der Waals surface area (Å²) in [5.74, 6) is 0. The minimum atomic E-state index is -0.504. The molecule has 0 aliphatic heterocycles. The van der Waals surface area contributed by atoms with Crippen LogP contribution in [0.5, 0.6) is 0 Å². The van der Waals surface area contributed by atoms with Crippen LogP contribution in [0.3, 0.4) is 0 Å². The van der Waals surface area contributed by atoms with Crippen molar-refractivity contribution in [3.63, 3.8) is 0 Å². The van der Waals surface area contributed by atoms with E-state index in [0.717, 1.165) is 15.7 Å². The Labute approximate surface area is 171 Å². The minimum Gasteiger partial charge on any atom is -0.320 e. The molecular formula is C22H19ClN4O2. The zero-order chi connectivity index (χ0) is 20.5. The van der Waals surface area contributed by atoms with Crippen molar-refractivity contribution in [3.8, 4) is 5.69 Å². The number of halogens is 1. The zero-order valence-electron chi connectivity index (χ0n) is 15.9. The predicted octanol–water partition coefficient (Wildman–Crippen LogP) is 3.55. The summed E-state index contributed by atoms with van der Waals surface area (Å²) in [7, 11) is 0. The standard InChI is InChI=1S/C22H19ClN4O2/c1-3-12-26-21(28)19-20(27(22(26)29)18-7-5-4-6-17(18)23)24-14-25(19)13-16-10-8-15(2)9-11-16/h3-11,14H,1,12-13H2,2H3. The lowest BCUT2D eigenvalue weighted by atomic mass is 10.1. The molecule has 0 N–H and O–H groups in total. The summed E-state index contributed by atoms with van der Waals surface area (Å²) >= 11 is 6.35. The van der Waals surface area contributed by atoms with Crippen molar-refractivity contribution in [1.82, 2.24) is 18.7 Å². The van der Waals surface area contributed by atoms with Crippen molar-refractivity contribution in [2.75, 3.05) is 0 Å². The summed E-state index contributed by atoms with van der Waals surface area (Å²) in [5, 5.41) is 0.396. The Morgan fingerprint density at radius 2 is 1.83 bits per heavy atom. The lowest BCUT2D eigenvalue weighted by Crippen LogP contribution is -2.39. The first-order chi connectivity index (χ1) is 14.0. The number of rotatable bonds is 5. The van der Waals surface area contributed by atoms with Crippen molar-refractivity contribution < 1.29 is 0 Å². The molecule has 29 heavy (non-hydrogen) atoms. The van der Waals surface area contributed by atoms with Crippen molar-refractivity contribution in [2.45, 2.75) is 20.0 Å². The molecule has 2 heterocycles. The average Bonchev–Trinajstić information content (AvgIpc) is 3.12. The maximum absolute atomic E-state index is 13.1. The fraction of sp³-hybridized carbons (Fsp3) is 0.136. The summed E-state index contributed by atoms with van der Waals surface area (Å²) < 4.78 is 4.29. The van der Waals surface area contributed by atoms with Gasteiger partial charge in [0.1, 0.15) is 0 Å². The van der Waals surface area contributed by atoms with E-state index in [-0.39, 0.29) is 12.2 Å². The number of fused-ring (bicyclic) bond motifs is 1. The number of aryl methyl sites for hydroxylation is 1. The summed E-state index contributed by atoms with van der Waals surface area (Å²) in [6.45, 7) is 6.24. The van der Waals surface area contributed by atoms with Gasteiger partial charge >= 0.3 is 5.69 Å². The molecule has 0 spiro atoms. The smallest absolute Gasteiger partial charge is 0.320 e. The molecule has 0 aliphatic rings. The van der Waals surface area contributed by atoms with Crippen molar-refractivity contribution in [2.24, 2.45) is 0 Å². The first kappa shape index (κ1) is 19.0. The molecule has 0 saturated carbocycles. The van der Waals surface area contributed by atoms with E-state index in [1.54, 1.807) is 35.2 Å². The molecule has 0 amide bonds. The second-order valence-corrected chi connectivity index (χ2v) is 7.21. The molecule has 7 heteroatoms. The number of benzene rings is 2. The van der Waals surface area contributed by atoms with Crippen molar-refractivity contribution in [1.29, 1.82) is 0 Å². The van der Waals surface area contributed by atoms with Gasteiger partial charge in [-0.25, -0.2) is 14.3 Å². The van der Waals surface area contributed by atoms with Gasteiger partial charge in [0.2, 0.25) is 0 Å². The second kappa shape index (κ2) is 7.56. The Hall–Kier alpha value is -3.38. The quantitative estimate of drug-likeness (QED) is 0.476. The largest absolute Gasteiger partial charge is 0.337 e. The lowest BCUT2D eigenvalue weighted by Gasteiger charge is -2.13. The molecule has 0 atom stereocenters. The molecule has 0 fully saturated rings. The maximum Gasteiger partial charge on any atom is 0.337 e. The van der Waals surface area contributed by atoms with Gasteiger partial charge in [-0.3, -0.25) is 9.36 Å². The lowest BCUT2D eigenvalue weighted by molar-refractivity contribution is 0.690. The number of nitrogens with zero attached hydrogens (tertiary/aromatic N) is 4. The van der Waals surface area contributed by atoms with Crippen LogP contribution in [0.1, 0.15) is 11.1 Å². The van der Waals surface area contributed by atoms with Crippen molar-refractivity contribution >= 4 is 22.8 Å². The van der Waals surface area contributed by atoms with E-state index in [4.69, 9.17) is 11.6 Å². The number of allylic oxidation sites excluding steroid dienone is 1. The molecule has 0 aliphatic carbocycles. The van der Waals surface area contributed by atoms with Crippen LogP contribution in [0.25, 0.3) is 16.9 Å².